The molecule has 0 aliphatic heterocycles. The Balaban J connectivity index is 1.91. The lowest BCUT2D eigenvalue weighted by Crippen LogP contribution is -1.91. The highest BCUT2D eigenvalue weighted by Crippen LogP contribution is 2.22. The van der Waals surface area contributed by atoms with Crippen LogP contribution in [0.25, 0.3) is 24.3 Å². The van der Waals surface area contributed by atoms with E-state index in [1.165, 1.54) is 5.56 Å². The summed E-state index contributed by atoms with van der Waals surface area (Å²) in [5.41, 5.74) is 11.4. The Labute approximate surface area is 137 Å². The van der Waals surface area contributed by atoms with Crippen molar-refractivity contribution in [2.45, 2.75) is 0 Å². The van der Waals surface area contributed by atoms with Gasteiger partial charge >= 0.3 is 0 Å². The largest absolute Gasteiger partial charge is 0.398 e. The van der Waals surface area contributed by atoms with Crippen molar-refractivity contribution in [3.63, 3.8) is 0 Å². The van der Waals surface area contributed by atoms with Gasteiger partial charge in [-0.3, -0.25) is 0 Å². The summed E-state index contributed by atoms with van der Waals surface area (Å²) in [7, 11) is 0. The molecule has 2 N–H and O–H groups in total. The molecule has 0 aliphatic carbocycles. The van der Waals surface area contributed by atoms with Gasteiger partial charge < -0.3 is 5.73 Å². The third-order valence-electron chi connectivity index (χ3n) is 3.67. The van der Waals surface area contributed by atoms with Gasteiger partial charge in [-0.2, -0.15) is 0 Å². The van der Waals surface area contributed by atoms with Gasteiger partial charge in [-0.25, -0.2) is 0 Å². The highest BCUT2D eigenvalue weighted by atomic mass is 14.6. The lowest BCUT2D eigenvalue weighted by Gasteiger charge is -2.05. The molecule has 0 amide bonds. The first-order valence-electron chi connectivity index (χ1n) is 7.68. The van der Waals surface area contributed by atoms with E-state index in [2.05, 4.69) is 54.6 Å². The molecule has 23 heavy (non-hydrogen) atoms. The Morgan fingerprint density at radius 3 is 1.70 bits per heavy atom. The van der Waals surface area contributed by atoms with Crippen molar-refractivity contribution in [2.75, 3.05) is 5.73 Å². The van der Waals surface area contributed by atoms with Crippen LogP contribution in [-0.2, 0) is 0 Å². The van der Waals surface area contributed by atoms with Crippen LogP contribution in [0.4, 0.5) is 5.69 Å². The lowest BCUT2D eigenvalue weighted by molar-refractivity contribution is 1.59. The fourth-order valence-corrected chi connectivity index (χ4v) is 2.43. The number of rotatable bonds is 4. The summed E-state index contributed by atoms with van der Waals surface area (Å²) >= 11 is 0. The maximum atomic E-state index is 6.17. The molecule has 3 rings (SSSR count). The van der Waals surface area contributed by atoms with Gasteiger partial charge in [0.05, 0.1) is 0 Å². The predicted molar refractivity (Wildman–Crippen MR) is 102 cm³/mol. The van der Waals surface area contributed by atoms with E-state index in [4.69, 9.17) is 5.73 Å². The molecule has 0 unspecified atom stereocenters. The van der Waals surface area contributed by atoms with Crippen molar-refractivity contribution in [3.8, 4) is 0 Å². The molecule has 1 heteroatoms. The third kappa shape index (κ3) is 3.98. The molecule has 1 nitrogen and oxygen atoms in total. The minimum atomic E-state index is 0.785. The van der Waals surface area contributed by atoms with E-state index in [0.29, 0.717) is 0 Å². The molecular formula is C22H19N. The van der Waals surface area contributed by atoms with E-state index in [9.17, 15) is 0 Å². The monoisotopic (exact) mass is 297 g/mol. The second-order valence-electron chi connectivity index (χ2n) is 5.34. The summed E-state index contributed by atoms with van der Waals surface area (Å²) in [4.78, 5) is 0. The maximum Gasteiger partial charge on any atom is 0.0393 e. The van der Waals surface area contributed by atoms with Crippen molar-refractivity contribution in [1.29, 1.82) is 0 Å². The second kappa shape index (κ2) is 7.28. The third-order valence-corrected chi connectivity index (χ3v) is 3.67. The van der Waals surface area contributed by atoms with Crippen LogP contribution in [0.1, 0.15) is 22.3 Å². The van der Waals surface area contributed by atoms with Crippen molar-refractivity contribution in [2.24, 2.45) is 0 Å². The van der Waals surface area contributed by atoms with Crippen LogP contribution in [0.2, 0.25) is 0 Å². The Morgan fingerprint density at radius 1 is 0.522 bits per heavy atom. The first-order chi connectivity index (χ1) is 11.3. The molecule has 0 aliphatic rings. The summed E-state index contributed by atoms with van der Waals surface area (Å²) in [6.07, 6.45) is 8.38. The number of benzene rings is 3. The van der Waals surface area contributed by atoms with Crippen LogP contribution in [-0.4, -0.2) is 0 Å². The molecule has 0 saturated carbocycles. The molecule has 0 saturated heterocycles. The van der Waals surface area contributed by atoms with Crippen molar-refractivity contribution in [1.82, 2.24) is 0 Å². The summed E-state index contributed by atoms with van der Waals surface area (Å²) < 4.78 is 0. The zero-order chi connectivity index (χ0) is 15.9. The minimum Gasteiger partial charge on any atom is -0.398 e. The Hall–Kier alpha value is -3.06. The molecule has 112 valence electrons. The van der Waals surface area contributed by atoms with Gasteiger partial charge in [0.15, 0.2) is 0 Å². The quantitative estimate of drug-likeness (QED) is 0.491. The number of nitrogens with two attached hydrogens (primary N) is 1. The van der Waals surface area contributed by atoms with E-state index in [1.54, 1.807) is 0 Å². The number of anilines is 1. The molecule has 3 aromatic rings. The molecule has 0 spiro atoms. The van der Waals surface area contributed by atoms with Gasteiger partial charge in [-0.1, -0.05) is 97.1 Å². The number of hydrogen-bond acceptors (Lipinski definition) is 1. The zero-order valence-corrected chi connectivity index (χ0v) is 12.9. The molecule has 0 atom stereocenters. The summed E-state index contributed by atoms with van der Waals surface area (Å²) in [5.74, 6) is 0. The summed E-state index contributed by atoms with van der Waals surface area (Å²) in [6, 6.07) is 26.5. The van der Waals surface area contributed by atoms with Gasteiger partial charge in [0.2, 0.25) is 0 Å². The minimum absolute atomic E-state index is 0.785. The van der Waals surface area contributed by atoms with Crippen LogP contribution >= 0.6 is 0 Å². The van der Waals surface area contributed by atoms with E-state index in [-0.39, 0.29) is 0 Å². The summed E-state index contributed by atoms with van der Waals surface area (Å²) in [5, 5.41) is 0. The highest BCUT2D eigenvalue weighted by molar-refractivity contribution is 5.84. The topological polar surface area (TPSA) is 26.0 Å². The first-order valence-corrected chi connectivity index (χ1v) is 7.68. The van der Waals surface area contributed by atoms with Gasteiger partial charge in [0, 0.05) is 11.3 Å². The SMILES string of the molecule is Nc1cccc(/C=C/c2ccccc2)c1/C=C/c1ccccc1. The van der Waals surface area contributed by atoms with Crippen LogP contribution in [0.15, 0.2) is 78.9 Å². The fraction of sp³-hybridized carbons (Fsp3) is 0. The number of hydrogen-bond donors (Lipinski definition) is 1. The zero-order valence-electron chi connectivity index (χ0n) is 12.9. The Kier molecular flexibility index (Phi) is 4.70. The smallest absolute Gasteiger partial charge is 0.0393 e. The first kappa shape index (κ1) is 14.9. The van der Waals surface area contributed by atoms with Gasteiger partial charge in [-0.15, -0.1) is 0 Å². The van der Waals surface area contributed by atoms with Gasteiger partial charge in [-0.05, 0) is 22.8 Å². The molecule has 0 aromatic heterocycles. The normalized spacial score (nSPS) is 11.3. The van der Waals surface area contributed by atoms with E-state index in [1.807, 2.05) is 48.5 Å². The highest BCUT2D eigenvalue weighted by Gasteiger charge is 2.00. The summed E-state index contributed by atoms with van der Waals surface area (Å²) in [6.45, 7) is 0. The fourth-order valence-electron chi connectivity index (χ4n) is 2.43. The molecule has 3 aromatic carbocycles. The van der Waals surface area contributed by atoms with Crippen molar-refractivity contribution >= 4 is 30.0 Å². The Bertz CT molecular complexity index is 815. The van der Waals surface area contributed by atoms with Crippen LogP contribution in [0, 0.1) is 0 Å². The van der Waals surface area contributed by atoms with Gasteiger partial charge in [0.25, 0.3) is 0 Å². The maximum absolute atomic E-state index is 6.17. The molecule has 0 fully saturated rings. The van der Waals surface area contributed by atoms with Crippen LogP contribution in [0.3, 0.4) is 0 Å². The average Bonchev–Trinajstić information content (AvgIpc) is 2.61. The number of nitrogen functional groups attached to an aromatic ring is 1. The standard InChI is InChI=1S/C22H19N/c23-22-13-7-12-20(16-14-18-8-3-1-4-9-18)21(22)17-15-19-10-5-2-6-11-19/h1-17H,23H2/b16-14+,17-15+. The van der Waals surface area contributed by atoms with Crippen molar-refractivity contribution < 1.29 is 0 Å². The van der Waals surface area contributed by atoms with Gasteiger partial charge in [0.1, 0.15) is 0 Å². The predicted octanol–water partition coefficient (Wildman–Crippen LogP) is 5.61. The molecule has 0 radical (unpaired) electrons. The van der Waals surface area contributed by atoms with Crippen LogP contribution < -0.4 is 5.73 Å². The van der Waals surface area contributed by atoms with E-state index < -0.39 is 0 Å². The van der Waals surface area contributed by atoms with E-state index >= 15 is 0 Å². The van der Waals surface area contributed by atoms with Crippen LogP contribution in [0.5, 0.6) is 0 Å². The Morgan fingerprint density at radius 2 is 1.09 bits per heavy atom. The molecule has 0 bridgehead atoms. The molecular weight excluding hydrogens is 278 g/mol. The van der Waals surface area contributed by atoms with E-state index in [0.717, 1.165) is 22.4 Å². The molecule has 0 heterocycles. The average molecular weight is 297 g/mol. The lowest BCUT2D eigenvalue weighted by atomic mass is 10.0. The van der Waals surface area contributed by atoms with Crippen molar-refractivity contribution in [3.05, 3.63) is 101 Å². The second-order valence-corrected chi connectivity index (χ2v) is 5.34.